The molecule has 1 aliphatic heterocycles. The van der Waals surface area contributed by atoms with E-state index >= 15 is 0 Å². The van der Waals surface area contributed by atoms with Crippen molar-refractivity contribution in [3.05, 3.63) is 74.5 Å². The predicted octanol–water partition coefficient (Wildman–Crippen LogP) is 6.11. The fourth-order valence-corrected chi connectivity index (χ4v) is 4.95. The molecule has 1 fully saturated rings. The number of thioether (sulfide) groups is 1. The lowest BCUT2D eigenvalue weighted by atomic mass is 10.2. The second kappa shape index (κ2) is 8.02. The molecule has 1 saturated heterocycles. The van der Waals surface area contributed by atoms with E-state index in [2.05, 4.69) is 6.07 Å². The number of hydrogen-bond donors (Lipinski definition) is 0. The first-order valence-electron chi connectivity index (χ1n) is 8.24. The van der Waals surface area contributed by atoms with Crippen LogP contribution in [0.15, 0.2) is 63.2 Å². The number of thiocarbonyl (C=S) groups is 1. The summed E-state index contributed by atoms with van der Waals surface area (Å²) in [5.74, 6) is 1.20. The third kappa shape index (κ3) is 4.04. The minimum Gasteiger partial charge on any atom is -0.457 e. The number of benzene rings is 1. The number of furan rings is 1. The molecule has 7 heteroatoms. The zero-order valence-corrected chi connectivity index (χ0v) is 17.3. The van der Waals surface area contributed by atoms with Crippen molar-refractivity contribution in [2.75, 3.05) is 6.54 Å². The van der Waals surface area contributed by atoms with Crippen molar-refractivity contribution in [2.45, 2.75) is 6.42 Å². The molecule has 0 N–H and O–H groups in total. The average molecular weight is 432 g/mol. The summed E-state index contributed by atoms with van der Waals surface area (Å²) in [5.41, 5.74) is 0.822. The standard InChI is InChI=1S/C20H14ClNO2S3/c21-16-6-2-1-5-15(16)17-8-7-13(24-17)12-18-19(23)22(20(25)27-18)10-9-14-4-3-11-26-14/h1-8,11-12H,9-10H2. The lowest BCUT2D eigenvalue weighted by Gasteiger charge is -2.13. The number of rotatable bonds is 5. The first kappa shape index (κ1) is 18.5. The first-order valence-corrected chi connectivity index (χ1v) is 10.7. The summed E-state index contributed by atoms with van der Waals surface area (Å²) < 4.78 is 6.45. The van der Waals surface area contributed by atoms with Gasteiger partial charge in [0.1, 0.15) is 15.8 Å². The van der Waals surface area contributed by atoms with E-state index in [1.165, 1.54) is 16.6 Å². The minimum absolute atomic E-state index is 0.0720. The van der Waals surface area contributed by atoms with Crippen LogP contribution in [0, 0.1) is 0 Å². The molecule has 3 nitrogen and oxygen atoms in total. The normalized spacial score (nSPS) is 15.9. The van der Waals surface area contributed by atoms with Crippen LogP contribution in [0.2, 0.25) is 5.02 Å². The molecule has 0 radical (unpaired) electrons. The van der Waals surface area contributed by atoms with E-state index in [0.717, 1.165) is 12.0 Å². The molecule has 0 atom stereocenters. The van der Waals surface area contributed by atoms with Crippen molar-refractivity contribution in [3.8, 4) is 11.3 Å². The molecule has 1 amide bonds. The highest BCUT2D eigenvalue weighted by Crippen LogP contribution is 2.34. The summed E-state index contributed by atoms with van der Waals surface area (Å²) >= 11 is 14.6. The molecule has 1 aromatic carbocycles. The zero-order chi connectivity index (χ0) is 18.8. The van der Waals surface area contributed by atoms with Gasteiger partial charge in [0, 0.05) is 23.1 Å². The summed E-state index contributed by atoms with van der Waals surface area (Å²) in [6.45, 7) is 0.589. The van der Waals surface area contributed by atoms with Crippen LogP contribution in [0.3, 0.4) is 0 Å². The molecule has 0 saturated carbocycles. The first-order chi connectivity index (χ1) is 13.1. The maximum absolute atomic E-state index is 12.7. The summed E-state index contributed by atoms with van der Waals surface area (Å²) in [6, 6.07) is 15.3. The van der Waals surface area contributed by atoms with Crippen molar-refractivity contribution < 1.29 is 9.21 Å². The van der Waals surface area contributed by atoms with Gasteiger partial charge in [0.25, 0.3) is 5.91 Å². The molecule has 0 bridgehead atoms. The van der Waals surface area contributed by atoms with Crippen LogP contribution in [0.1, 0.15) is 10.6 Å². The Morgan fingerprint density at radius 1 is 1.15 bits per heavy atom. The number of carbonyl (C=O) groups excluding carboxylic acids is 1. The van der Waals surface area contributed by atoms with Crippen LogP contribution in [0.5, 0.6) is 0 Å². The molecule has 3 heterocycles. The lowest BCUT2D eigenvalue weighted by molar-refractivity contribution is -0.122. The number of amides is 1. The van der Waals surface area contributed by atoms with E-state index in [4.69, 9.17) is 28.2 Å². The Hall–Kier alpha value is -1.86. The van der Waals surface area contributed by atoms with E-state index < -0.39 is 0 Å². The number of hydrogen-bond acceptors (Lipinski definition) is 5. The monoisotopic (exact) mass is 431 g/mol. The zero-order valence-electron chi connectivity index (χ0n) is 14.1. The van der Waals surface area contributed by atoms with E-state index in [0.29, 0.717) is 32.3 Å². The Kier molecular flexibility index (Phi) is 5.50. The molecule has 0 unspecified atom stereocenters. The number of thiophene rings is 1. The second-order valence-corrected chi connectivity index (χ2v) is 8.96. The molecule has 4 rings (SSSR count). The SMILES string of the molecule is O=C1C(=Cc2ccc(-c3ccccc3Cl)o2)SC(=S)N1CCc1cccs1. The highest BCUT2D eigenvalue weighted by atomic mass is 35.5. The van der Waals surface area contributed by atoms with Gasteiger partial charge in [-0.2, -0.15) is 0 Å². The van der Waals surface area contributed by atoms with Gasteiger partial charge in [0.2, 0.25) is 0 Å². The van der Waals surface area contributed by atoms with Crippen LogP contribution < -0.4 is 0 Å². The number of carbonyl (C=O) groups is 1. The van der Waals surface area contributed by atoms with E-state index in [1.807, 2.05) is 47.8 Å². The van der Waals surface area contributed by atoms with Gasteiger partial charge in [-0.25, -0.2) is 0 Å². The van der Waals surface area contributed by atoms with Crippen LogP contribution >= 0.6 is 46.9 Å². The van der Waals surface area contributed by atoms with Gasteiger partial charge >= 0.3 is 0 Å². The van der Waals surface area contributed by atoms with Gasteiger partial charge in [0.05, 0.1) is 9.93 Å². The molecule has 0 spiro atoms. The van der Waals surface area contributed by atoms with Crippen molar-refractivity contribution >= 4 is 63.2 Å². The van der Waals surface area contributed by atoms with Crippen molar-refractivity contribution in [2.24, 2.45) is 0 Å². The minimum atomic E-state index is -0.0720. The van der Waals surface area contributed by atoms with Gasteiger partial charge in [-0.1, -0.05) is 53.8 Å². The maximum atomic E-state index is 12.7. The van der Waals surface area contributed by atoms with E-state index in [-0.39, 0.29) is 5.91 Å². The van der Waals surface area contributed by atoms with Crippen LogP contribution in [-0.4, -0.2) is 21.7 Å². The Labute approximate surface area is 175 Å². The molecular weight excluding hydrogens is 418 g/mol. The molecule has 2 aromatic heterocycles. The smallest absolute Gasteiger partial charge is 0.266 e. The molecule has 0 aliphatic carbocycles. The Morgan fingerprint density at radius 3 is 2.78 bits per heavy atom. The van der Waals surface area contributed by atoms with Gasteiger partial charge in [-0.3, -0.25) is 9.69 Å². The largest absolute Gasteiger partial charge is 0.457 e. The molecule has 27 heavy (non-hydrogen) atoms. The van der Waals surface area contributed by atoms with E-state index in [9.17, 15) is 4.79 Å². The summed E-state index contributed by atoms with van der Waals surface area (Å²) in [7, 11) is 0. The predicted molar refractivity (Wildman–Crippen MR) is 117 cm³/mol. The van der Waals surface area contributed by atoms with Gasteiger partial charge < -0.3 is 4.42 Å². The van der Waals surface area contributed by atoms with Crippen LogP contribution in [0.25, 0.3) is 17.4 Å². The van der Waals surface area contributed by atoms with Gasteiger partial charge in [0.15, 0.2) is 0 Å². The average Bonchev–Trinajstić information content (AvgIpc) is 3.38. The summed E-state index contributed by atoms with van der Waals surface area (Å²) in [6.07, 6.45) is 2.54. The van der Waals surface area contributed by atoms with Crippen molar-refractivity contribution in [1.82, 2.24) is 4.90 Å². The number of halogens is 1. The highest BCUT2D eigenvalue weighted by Gasteiger charge is 2.32. The lowest BCUT2D eigenvalue weighted by Crippen LogP contribution is -2.29. The third-order valence-corrected chi connectivity index (χ3v) is 6.72. The fourth-order valence-electron chi connectivity index (χ4n) is 2.74. The highest BCUT2D eigenvalue weighted by molar-refractivity contribution is 8.26. The summed E-state index contributed by atoms with van der Waals surface area (Å²) in [4.78, 5) is 16.2. The van der Waals surface area contributed by atoms with Gasteiger partial charge in [-0.05, 0) is 42.1 Å². The van der Waals surface area contributed by atoms with Crippen LogP contribution in [-0.2, 0) is 11.2 Å². The quantitative estimate of drug-likeness (QED) is 0.360. The molecule has 1 aliphatic rings. The topological polar surface area (TPSA) is 33.5 Å². The molecular formula is C20H14ClNO2S3. The van der Waals surface area contributed by atoms with Crippen LogP contribution in [0.4, 0.5) is 0 Å². The maximum Gasteiger partial charge on any atom is 0.266 e. The fraction of sp³-hybridized carbons (Fsp3) is 0.100. The Balaban J connectivity index is 1.50. The second-order valence-electron chi connectivity index (χ2n) is 5.84. The van der Waals surface area contributed by atoms with Gasteiger partial charge in [-0.15, -0.1) is 11.3 Å². The Bertz CT molecular complexity index is 1020. The van der Waals surface area contributed by atoms with Crippen molar-refractivity contribution in [1.29, 1.82) is 0 Å². The molecule has 136 valence electrons. The van der Waals surface area contributed by atoms with Crippen molar-refractivity contribution in [3.63, 3.8) is 0 Å². The summed E-state index contributed by atoms with van der Waals surface area (Å²) in [5, 5.41) is 2.66. The molecule has 3 aromatic rings. The third-order valence-electron chi connectivity index (χ3n) is 4.07. The Morgan fingerprint density at radius 2 is 2.00 bits per heavy atom. The number of nitrogens with zero attached hydrogens (tertiary/aromatic N) is 1. The van der Waals surface area contributed by atoms with E-state index in [1.54, 1.807) is 22.3 Å².